The summed E-state index contributed by atoms with van der Waals surface area (Å²) in [5, 5.41) is 9.18. The highest BCUT2D eigenvalue weighted by molar-refractivity contribution is 7.71. The second kappa shape index (κ2) is 6.67. The molecule has 0 saturated heterocycles. The molecule has 2 aromatic rings. The van der Waals surface area contributed by atoms with Crippen molar-refractivity contribution in [2.45, 2.75) is 38.6 Å². The Morgan fingerprint density at radius 2 is 1.91 bits per heavy atom. The summed E-state index contributed by atoms with van der Waals surface area (Å²) in [5.74, 6) is 0.515. The second-order valence-electron chi connectivity index (χ2n) is 5.61. The molecule has 1 N–H and O–H groups in total. The molecule has 0 unspecified atom stereocenters. The summed E-state index contributed by atoms with van der Waals surface area (Å²) in [7, 11) is 0. The molecule has 1 heterocycles. The van der Waals surface area contributed by atoms with Crippen molar-refractivity contribution < 1.29 is 9.50 Å². The predicted octanol–water partition coefficient (Wildman–Crippen LogP) is 3.68. The first-order valence-electron chi connectivity index (χ1n) is 7.70. The molecule has 3 nitrogen and oxygen atoms in total. The lowest BCUT2D eigenvalue weighted by Gasteiger charge is -2.24. The fourth-order valence-corrected chi connectivity index (χ4v) is 3.36. The Balaban J connectivity index is 2.17. The van der Waals surface area contributed by atoms with Crippen LogP contribution in [0.25, 0.3) is 11.4 Å². The smallest absolute Gasteiger partial charge is 0.141 e. The molecule has 0 bridgehead atoms. The molecule has 1 aliphatic carbocycles. The van der Waals surface area contributed by atoms with Crippen LogP contribution in [-0.4, -0.2) is 21.3 Å². The Hall–Kier alpha value is -1.59. The topological polar surface area (TPSA) is 38.0 Å². The van der Waals surface area contributed by atoms with E-state index >= 15 is 0 Å². The van der Waals surface area contributed by atoms with Gasteiger partial charge in [-0.15, -0.1) is 0 Å². The molecule has 0 amide bonds. The monoisotopic (exact) mass is 318 g/mol. The summed E-state index contributed by atoms with van der Waals surface area (Å²) in [6, 6.07) is 6.35. The van der Waals surface area contributed by atoms with Gasteiger partial charge in [0, 0.05) is 30.0 Å². The van der Waals surface area contributed by atoms with E-state index in [2.05, 4.69) is 9.55 Å². The molecule has 0 spiro atoms. The Morgan fingerprint density at radius 3 is 2.64 bits per heavy atom. The quantitative estimate of drug-likeness (QED) is 0.874. The van der Waals surface area contributed by atoms with Gasteiger partial charge in [0.2, 0.25) is 0 Å². The van der Waals surface area contributed by atoms with Crippen LogP contribution in [-0.2, 0) is 19.4 Å². The number of hydrogen-bond acceptors (Lipinski definition) is 3. The fraction of sp³-hybridized carbons (Fsp3) is 0.412. The maximum absolute atomic E-state index is 13.2. The summed E-state index contributed by atoms with van der Waals surface area (Å²) in [4.78, 5) is 4.61. The van der Waals surface area contributed by atoms with Crippen molar-refractivity contribution in [1.29, 1.82) is 0 Å². The maximum Gasteiger partial charge on any atom is 0.141 e. The molecule has 1 aliphatic rings. The van der Waals surface area contributed by atoms with Crippen molar-refractivity contribution in [1.82, 2.24) is 9.55 Å². The third-order valence-electron chi connectivity index (χ3n) is 4.13. The van der Waals surface area contributed by atoms with Crippen molar-refractivity contribution in [2.24, 2.45) is 0 Å². The maximum atomic E-state index is 13.2. The van der Waals surface area contributed by atoms with Crippen LogP contribution in [0.4, 0.5) is 4.39 Å². The van der Waals surface area contributed by atoms with E-state index in [0.717, 1.165) is 37.1 Å². The average molecular weight is 318 g/mol. The number of halogens is 1. The van der Waals surface area contributed by atoms with Gasteiger partial charge in [-0.3, -0.25) is 0 Å². The van der Waals surface area contributed by atoms with Crippen LogP contribution in [0.15, 0.2) is 24.3 Å². The van der Waals surface area contributed by atoms with Crippen LogP contribution in [0.2, 0.25) is 0 Å². The van der Waals surface area contributed by atoms with Crippen LogP contribution < -0.4 is 0 Å². The third-order valence-corrected chi connectivity index (χ3v) is 4.47. The third kappa shape index (κ3) is 2.96. The predicted molar refractivity (Wildman–Crippen MR) is 86.8 cm³/mol. The van der Waals surface area contributed by atoms with Crippen LogP contribution in [0, 0.1) is 10.5 Å². The minimum absolute atomic E-state index is 0.139. The lowest BCUT2D eigenvalue weighted by atomic mass is 9.96. The first-order chi connectivity index (χ1) is 10.7. The van der Waals surface area contributed by atoms with Crippen molar-refractivity contribution in [3.8, 4) is 11.4 Å². The standard InChI is InChI=1S/C17H19FN2OS/c18-13-8-6-12(7-9-13)16-19-17(22)14-4-1-2-5-15(14)20(16)10-3-11-21/h6-9,21H,1-5,10-11H2. The fourth-order valence-electron chi connectivity index (χ4n) is 3.06. The number of benzene rings is 1. The van der Waals surface area contributed by atoms with Crippen LogP contribution >= 0.6 is 12.2 Å². The molecule has 0 fully saturated rings. The summed E-state index contributed by atoms with van der Waals surface area (Å²) < 4.78 is 16.0. The van der Waals surface area contributed by atoms with Gasteiger partial charge in [-0.1, -0.05) is 12.2 Å². The molecule has 1 aromatic heterocycles. The summed E-state index contributed by atoms with van der Waals surface area (Å²) in [6.45, 7) is 0.842. The van der Waals surface area contributed by atoms with Crippen molar-refractivity contribution in [3.63, 3.8) is 0 Å². The zero-order valence-corrected chi connectivity index (χ0v) is 13.2. The minimum atomic E-state index is -0.262. The van der Waals surface area contributed by atoms with Gasteiger partial charge in [-0.2, -0.15) is 0 Å². The lowest BCUT2D eigenvalue weighted by Crippen LogP contribution is -2.18. The summed E-state index contributed by atoms with van der Waals surface area (Å²) >= 11 is 5.48. The van der Waals surface area contributed by atoms with Gasteiger partial charge in [0.15, 0.2) is 0 Å². The summed E-state index contributed by atoms with van der Waals surface area (Å²) in [6.07, 6.45) is 4.93. The van der Waals surface area contributed by atoms with Crippen LogP contribution in [0.1, 0.15) is 30.5 Å². The first kappa shape index (κ1) is 15.3. The Kier molecular flexibility index (Phi) is 4.64. The minimum Gasteiger partial charge on any atom is -0.396 e. The van der Waals surface area contributed by atoms with E-state index in [9.17, 15) is 9.50 Å². The van der Waals surface area contributed by atoms with E-state index in [1.54, 1.807) is 12.1 Å². The van der Waals surface area contributed by atoms with Crippen molar-refractivity contribution in [3.05, 3.63) is 46.0 Å². The van der Waals surface area contributed by atoms with Crippen molar-refractivity contribution in [2.75, 3.05) is 6.61 Å². The average Bonchev–Trinajstić information content (AvgIpc) is 2.55. The molecule has 0 atom stereocenters. The SMILES string of the molecule is OCCCn1c(-c2ccc(F)cc2)nc(=S)c2c1CCCC2. The van der Waals surface area contributed by atoms with Gasteiger partial charge < -0.3 is 9.67 Å². The van der Waals surface area contributed by atoms with Crippen molar-refractivity contribution >= 4 is 12.2 Å². The Labute approximate surface area is 134 Å². The molecule has 0 radical (unpaired) electrons. The van der Waals surface area contributed by atoms with E-state index in [1.807, 2.05) is 0 Å². The zero-order valence-electron chi connectivity index (χ0n) is 12.4. The van der Waals surface area contributed by atoms with E-state index in [-0.39, 0.29) is 12.4 Å². The first-order valence-corrected chi connectivity index (χ1v) is 8.11. The highest BCUT2D eigenvalue weighted by atomic mass is 32.1. The van der Waals surface area contributed by atoms with Crippen LogP contribution in [0.5, 0.6) is 0 Å². The molecule has 0 saturated carbocycles. The van der Waals surface area contributed by atoms with Gasteiger partial charge in [0.05, 0.1) is 0 Å². The van der Waals surface area contributed by atoms with E-state index in [0.29, 0.717) is 17.6 Å². The highest BCUT2D eigenvalue weighted by Gasteiger charge is 2.19. The molecular weight excluding hydrogens is 299 g/mol. The van der Waals surface area contributed by atoms with Crippen LogP contribution in [0.3, 0.4) is 0 Å². The highest BCUT2D eigenvalue weighted by Crippen LogP contribution is 2.27. The molecule has 22 heavy (non-hydrogen) atoms. The molecule has 3 rings (SSSR count). The lowest BCUT2D eigenvalue weighted by molar-refractivity contribution is 0.278. The number of hydrogen-bond donors (Lipinski definition) is 1. The number of fused-ring (bicyclic) bond motifs is 1. The van der Waals surface area contributed by atoms with E-state index in [1.165, 1.54) is 23.4 Å². The zero-order chi connectivity index (χ0) is 15.5. The Bertz CT molecular complexity index is 725. The number of aromatic nitrogens is 2. The van der Waals surface area contributed by atoms with E-state index in [4.69, 9.17) is 12.2 Å². The largest absolute Gasteiger partial charge is 0.396 e. The Morgan fingerprint density at radius 1 is 1.18 bits per heavy atom. The van der Waals surface area contributed by atoms with Gasteiger partial charge in [-0.05, 0) is 56.4 Å². The molecule has 1 aromatic carbocycles. The summed E-state index contributed by atoms with van der Waals surface area (Å²) in [5.41, 5.74) is 3.27. The number of aliphatic hydroxyl groups excluding tert-OH is 1. The number of rotatable bonds is 4. The van der Waals surface area contributed by atoms with Gasteiger partial charge >= 0.3 is 0 Å². The second-order valence-corrected chi connectivity index (χ2v) is 6.00. The molecule has 116 valence electrons. The van der Waals surface area contributed by atoms with E-state index < -0.39 is 0 Å². The molecular formula is C17H19FN2OS. The normalized spacial score (nSPS) is 13.9. The molecule has 0 aliphatic heterocycles. The van der Waals surface area contributed by atoms with Gasteiger partial charge in [0.25, 0.3) is 0 Å². The molecule has 5 heteroatoms. The van der Waals surface area contributed by atoms with Gasteiger partial charge in [0.1, 0.15) is 16.3 Å². The number of aliphatic hydroxyl groups is 1. The van der Waals surface area contributed by atoms with Gasteiger partial charge in [-0.25, -0.2) is 9.37 Å². The number of nitrogens with zero attached hydrogens (tertiary/aromatic N) is 2.